The molecule has 5 fully saturated rings. The first-order chi connectivity index (χ1) is 20.9. The number of esters is 1. The number of hydrogen-bond acceptors (Lipinski definition) is 6. The number of benzene rings is 2. The predicted octanol–water partition coefficient (Wildman–Crippen LogP) is 4.86. The summed E-state index contributed by atoms with van der Waals surface area (Å²) >= 11 is 0. The Labute approximate surface area is 254 Å². The fourth-order valence-electron chi connectivity index (χ4n) is 8.63. The molecule has 0 aromatic heterocycles. The highest BCUT2D eigenvalue weighted by Gasteiger charge is 2.51. The highest BCUT2D eigenvalue weighted by Crippen LogP contribution is 2.61. The molecule has 2 amide bonds. The van der Waals surface area contributed by atoms with Gasteiger partial charge >= 0.3 is 5.97 Å². The molecule has 2 N–H and O–H groups in total. The van der Waals surface area contributed by atoms with Crippen LogP contribution in [0, 0.1) is 23.2 Å². The van der Waals surface area contributed by atoms with E-state index in [2.05, 4.69) is 21.6 Å². The van der Waals surface area contributed by atoms with Crippen molar-refractivity contribution >= 4 is 17.8 Å². The number of hydrogen-bond donors (Lipinski definition) is 2. The van der Waals surface area contributed by atoms with Gasteiger partial charge in [0.15, 0.2) is 0 Å². The number of carbonyl (C=O) groups is 3. The monoisotopic (exact) mass is 587 g/mol. The van der Waals surface area contributed by atoms with Gasteiger partial charge in [-0.15, -0.1) is 0 Å². The molecule has 7 rings (SSSR count). The Morgan fingerprint density at radius 2 is 1.53 bits per heavy atom. The van der Waals surface area contributed by atoms with Crippen molar-refractivity contribution < 1.29 is 23.9 Å². The molecule has 230 valence electrons. The van der Waals surface area contributed by atoms with Crippen LogP contribution in [-0.2, 0) is 27.5 Å². The van der Waals surface area contributed by atoms with Gasteiger partial charge in [-0.1, -0.05) is 30.3 Å². The maximum absolute atomic E-state index is 12.8. The van der Waals surface area contributed by atoms with Gasteiger partial charge in [-0.2, -0.15) is 0 Å². The minimum atomic E-state index is -0.352. The molecule has 4 saturated carbocycles. The normalized spacial score (nSPS) is 26.6. The molecule has 8 nitrogen and oxygen atoms in total. The molecular formula is C35H45N3O5. The number of para-hydroxylation sites is 1. The lowest BCUT2D eigenvalue weighted by molar-refractivity contribution is -0.132. The molecule has 0 atom stereocenters. The maximum Gasteiger partial charge on any atom is 0.337 e. The van der Waals surface area contributed by atoms with Crippen molar-refractivity contribution in [2.24, 2.45) is 23.2 Å². The lowest BCUT2D eigenvalue weighted by Crippen LogP contribution is -2.49. The van der Waals surface area contributed by atoms with Crippen molar-refractivity contribution in [3.63, 3.8) is 0 Å². The third-order valence-electron chi connectivity index (χ3n) is 10.2. The Hall–Kier alpha value is -3.39. The fraction of sp³-hybridized carbons (Fsp3) is 0.571. The Morgan fingerprint density at radius 3 is 2.19 bits per heavy atom. The van der Waals surface area contributed by atoms with E-state index < -0.39 is 0 Å². The van der Waals surface area contributed by atoms with Gasteiger partial charge in [0.25, 0.3) is 0 Å². The van der Waals surface area contributed by atoms with Crippen LogP contribution in [0.15, 0.2) is 48.5 Å². The van der Waals surface area contributed by atoms with Gasteiger partial charge in [-0.25, -0.2) is 4.79 Å². The summed E-state index contributed by atoms with van der Waals surface area (Å²) in [6.07, 6.45) is 10.1. The SMILES string of the molecule is COC(=O)c1ccc(COc2ccccc2CN2CCC(NC(=O)CNC(=O)CC34CC5CC(CC(C5)C3)C4)CC2)cc1. The van der Waals surface area contributed by atoms with Crippen LogP contribution in [0.25, 0.3) is 0 Å². The Morgan fingerprint density at radius 1 is 0.884 bits per heavy atom. The highest BCUT2D eigenvalue weighted by atomic mass is 16.5. The lowest BCUT2D eigenvalue weighted by atomic mass is 9.49. The standard InChI is InChI=1S/C35H45N3O5/c1-42-34(41)28-8-6-24(7-9-28)23-43-31-5-3-2-4-29(31)22-38-12-10-30(11-13-38)37-33(40)21-36-32(39)20-35-17-25-14-26(18-35)16-27(15-25)19-35/h2-9,25-27,30H,10-23H2,1H3,(H,36,39)(H,37,40). The van der Waals surface area contributed by atoms with Gasteiger partial charge < -0.3 is 20.1 Å². The summed E-state index contributed by atoms with van der Waals surface area (Å²) < 4.78 is 10.9. The molecule has 0 spiro atoms. The van der Waals surface area contributed by atoms with Crippen LogP contribution < -0.4 is 15.4 Å². The Kier molecular flexibility index (Phi) is 9.03. The predicted molar refractivity (Wildman–Crippen MR) is 163 cm³/mol. The van der Waals surface area contributed by atoms with Gasteiger partial charge in [0.1, 0.15) is 12.4 Å². The van der Waals surface area contributed by atoms with Crippen LogP contribution in [0.2, 0.25) is 0 Å². The quantitative estimate of drug-likeness (QED) is 0.365. The van der Waals surface area contributed by atoms with Gasteiger partial charge in [0, 0.05) is 37.7 Å². The van der Waals surface area contributed by atoms with E-state index in [9.17, 15) is 14.4 Å². The second-order valence-electron chi connectivity index (χ2n) is 13.6. The minimum absolute atomic E-state index is 0.0472. The van der Waals surface area contributed by atoms with E-state index in [0.29, 0.717) is 18.6 Å². The van der Waals surface area contributed by atoms with E-state index in [-0.39, 0.29) is 35.8 Å². The van der Waals surface area contributed by atoms with E-state index in [1.165, 1.54) is 45.6 Å². The van der Waals surface area contributed by atoms with E-state index in [1.807, 2.05) is 30.3 Å². The summed E-state index contributed by atoms with van der Waals surface area (Å²) in [5.41, 5.74) is 2.81. The Bertz CT molecular complexity index is 1270. The van der Waals surface area contributed by atoms with Crippen molar-refractivity contribution in [2.75, 3.05) is 26.7 Å². The zero-order valence-corrected chi connectivity index (χ0v) is 25.3. The number of amides is 2. The van der Waals surface area contributed by atoms with Crippen molar-refractivity contribution in [2.45, 2.75) is 77.0 Å². The molecular weight excluding hydrogens is 542 g/mol. The van der Waals surface area contributed by atoms with Crippen LogP contribution in [0.3, 0.4) is 0 Å². The molecule has 2 aromatic rings. The number of methoxy groups -OCH3 is 1. The van der Waals surface area contributed by atoms with Gasteiger partial charge in [0.05, 0.1) is 19.2 Å². The first kappa shape index (κ1) is 29.7. The summed E-state index contributed by atoms with van der Waals surface area (Å²) in [4.78, 5) is 39.6. The third kappa shape index (κ3) is 7.40. The smallest absolute Gasteiger partial charge is 0.337 e. The average molecular weight is 588 g/mol. The summed E-state index contributed by atoms with van der Waals surface area (Å²) in [5.74, 6) is 2.93. The molecule has 1 aliphatic heterocycles. The highest BCUT2D eigenvalue weighted by molar-refractivity contribution is 5.89. The molecule has 4 aliphatic carbocycles. The molecule has 0 unspecified atom stereocenters. The number of nitrogens with zero attached hydrogens (tertiary/aromatic N) is 1. The van der Waals surface area contributed by atoms with Crippen molar-refractivity contribution in [3.05, 3.63) is 65.2 Å². The first-order valence-corrected chi connectivity index (χ1v) is 16.0. The van der Waals surface area contributed by atoms with Crippen LogP contribution in [0.4, 0.5) is 0 Å². The number of likely N-dealkylation sites (tertiary alicyclic amines) is 1. The van der Waals surface area contributed by atoms with Gasteiger partial charge in [-0.05, 0) is 98.3 Å². The van der Waals surface area contributed by atoms with Crippen molar-refractivity contribution in [1.29, 1.82) is 0 Å². The van der Waals surface area contributed by atoms with Crippen LogP contribution in [0.5, 0.6) is 5.75 Å². The number of piperidine rings is 1. The molecule has 4 bridgehead atoms. The van der Waals surface area contributed by atoms with Crippen LogP contribution in [0.1, 0.15) is 79.3 Å². The zero-order valence-electron chi connectivity index (χ0n) is 25.3. The molecule has 1 saturated heterocycles. The molecule has 1 heterocycles. The molecule has 0 radical (unpaired) electrons. The fourth-order valence-corrected chi connectivity index (χ4v) is 8.63. The van der Waals surface area contributed by atoms with E-state index in [4.69, 9.17) is 9.47 Å². The van der Waals surface area contributed by atoms with Gasteiger partial charge in [-0.3, -0.25) is 14.5 Å². The van der Waals surface area contributed by atoms with E-state index >= 15 is 0 Å². The van der Waals surface area contributed by atoms with E-state index in [0.717, 1.165) is 67.1 Å². The van der Waals surface area contributed by atoms with Crippen LogP contribution >= 0.6 is 0 Å². The second-order valence-corrected chi connectivity index (χ2v) is 13.6. The number of rotatable bonds is 11. The first-order valence-electron chi connectivity index (χ1n) is 16.0. The lowest BCUT2D eigenvalue weighted by Gasteiger charge is -2.56. The summed E-state index contributed by atoms with van der Waals surface area (Å²) in [5, 5.41) is 6.08. The summed E-state index contributed by atoms with van der Waals surface area (Å²) in [6, 6.07) is 15.5. The maximum atomic E-state index is 12.8. The zero-order chi connectivity index (χ0) is 29.8. The number of carbonyl (C=O) groups excluding carboxylic acids is 3. The second kappa shape index (κ2) is 13.1. The molecule has 8 heteroatoms. The summed E-state index contributed by atoms with van der Waals surface area (Å²) in [7, 11) is 1.37. The molecule has 43 heavy (non-hydrogen) atoms. The third-order valence-corrected chi connectivity index (χ3v) is 10.2. The van der Waals surface area contributed by atoms with Crippen molar-refractivity contribution in [3.8, 4) is 5.75 Å². The van der Waals surface area contributed by atoms with Crippen molar-refractivity contribution in [1.82, 2.24) is 15.5 Å². The number of nitrogens with one attached hydrogen (secondary N) is 2. The topological polar surface area (TPSA) is 97.0 Å². The van der Waals surface area contributed by atoms with E-state index in [1.54, 1.807) is 12.1 Å². The largest absolute Gasteiger partial charge is 0.489 e. The molecule has 2 aromatic carbocycles. The Balaban J connectivity index is 0.909. The average Bonchev–Trinajstić information content (AvgIpc) is 2.99. The summed E-state index contributed by atoms with van der Waals surface area (Å²) in [6.45, 7) is 3.02. The number of ether oxygens (including phenoxy) is 2. The minimum Gasteiger partial charge on any atom is -0.489 e. The van der Waals surface area contributed by atoms with Gasteiger partial charge in [0.2, 0.25) is 11.8 Å². The van der Waals surface area contributed by atoms with Crippen LogP contribution in [-0.4, -0.2) is 55.5 Å². The molecule has 5 aliphatic rings.